The van der Waals surface area contributed by atoms with Crippen molar-refractivity contribution in [2.24, 2.45) is 14.1 Å². The van der Waals surface area contributed by atoms with E-state index in [1.165, 1.54) is 24.3 Å². The number of hydrogen-bond donors (Lipinski definition) is 1. The van der Waals surface area contributed by atoms with E-state index in [0.29, 0.717) is 22.7 Å². The molecular weight excluding hydrogens is 444 g/mol. The molecule has 0 saturated carbocycles. The molecule has 0 amide bonds. The van der Waals surface area contributed by atoms with Crippen LogP contribution in [0, 0.1) is 0 Å². The number of carbonyl (C=O) groups excluding carboxylic acids is 1. The highest BCUT2D eigenvalue weighted by molar-refractivity contribution is 5.94. The summed E-state index contributed by atoms with van der Waals surface area (Å²) in [5, 5.41) is 3.09. The third kappa shape index (κ3) is 4.27. The van der Waals surface area contributed by atoms with Gasteiger partial charge in [0.05, 0.1) is 24.2 Å². The van der Waals surface area contributed by atoms with Crippen LogP contribution in [0.5, 0.6) is 0 Å². The molecule has 1 N–H and O–H groups in total. The summed E-state index contributed by atoms with van der Waals surface area (Å²) in [6.07, 6.45) is 0. The number of esters is 1. The van der Waals surface area contributed by atoms with E-state index < -0.39 is 23.1 Å². The fourth-order valence-corrected chi connectivity index (χ4v) is 4.67. The van der Waals surface area contributed by atoms with Crippen molar-refractivity contribution >= 4 is 17.5 Å². The molecular formula is C27H30N4O4. The van der Waals surface area contributed by atoms with E-state index in [-0.39, 0.29) is 0 Å². The number of allylic oxidation sites excluding steroid dienone is 1. The fraction of sp³-hybridized carbons (Fsp3) is 0.296. The van der Waals surface area contributed by atoms with Crippen molar-refractivity contribution in [2.45, 2.75) is 26.3 Å². The highest BCUT2D eigenvalue weighted by Gasteiger charge is 2.37. The number of carbonyl (C=O) groups is 1. The van der Waals surface area contributed by atoms with Gasteiger partial charge in [0.15, 0.2) is 0 Å². The molecule has 0 saturated heterocycles. The number of nitrogens with zero attached hydrogens (tertiary/aromatic N) is 3. The zero-order valence-electron chi connectivity index (χ0n) is 20.7. The van der Waals surface area contributed by atoms with Gasteiger partial charge in [-0.15, -0.1) is 0 Å². The number of aromatic nitrogens is 2. The average molecular weight is 475 g/mol. The summed E-state index contributed by atoms with van der Waals surface area (Å²) in [6, 6.07) is 18.1. The summed E-state index contributed by atoms with van der Waals surface area (Å²) in [4.78, 5) is 40.9. The Labute approximate surface area is 204 Å². The minimum Gasteiger partial charge on any atom is -0.466 e. The van der Waals surface area contributed by atoms with Crippen molar-refractivity contribution in [3.63, 3.8) is 0 Å². The zero-order valence-corrected chi connectivity index (χ0v) is 20.7. The van der Waals surface area contributed by atoms with Crippen LogP contribution in [-0.2, 0) is 30.2 Å². The Balaban J connectivity index is 1.82. The molecule has 182 valence electrons. The molecule has 1 aliphatic rings. The maximum atomic E-state index is 13.3. The third-order valence-corrected chi connectivity index (χ3v) is 6.58. The van der Waals surface area contributed by atoms with Crippen molar-refractivity contribution in [3.8, 4) is 0 Å². The lowest BCUT2D eigenvalue weighted by Crippen LogP contribution is -2.43. The molecule has 1 atom stereocenters. The van der Waals surface area contributed by atoms with Crippen LogP contribution in [0.2, 0.25) is 0 Å². The van der Waals surface area contributed by atoms with E-state index in [0.717, 1.165) is 28.9 Å². The highest BCUT2D eigenvalue weighted by Crippen LogP contribution is 2.40. The quantitative estimate of drug-likeness (QED) is 0.553. The lowest BCUT2D eigenvalue weighted by atomic mass is 9.82. The molecule has 2 aromatic carbocycles. The van der Waals surface area contributed by atoms with Crippen LogP contribution in [0.15, 0.2) is 75.5 Å². The molecule has 0 unspecified atom stereocenters. The van der Waals surface area contributed by atoms with Crippen LogP contribution in [0.25, 0.3) is 0 Å². The largest absolute Gasteiger partial charge is 0.466 e. The van der Waals surface area contributed by atoms with Gasteiger partial charge in [0.25, 0.3) is 5.56 Å². The van der Waals surface area contributed by atoms with E-state index in [2.05, 4.69) is 29.3 Å². The fourth-order valence-electron chi connectivity index (χ4n) is 4.67. The zero-order chi connectivity index (χ0) is 25.3. The highest BCUT2D eigenvalue weighted by atomic mass is 16.5. The van der Waals surface area contributed by atoms with E-state index in [1.807, 2.05) is 42.5 Å². The normalized spacial score (nSPS) is 14.8. The average Bonchev–Trinajstić information content (AvgIpc) is 2.89. The molecule has 0 fully saturated rings. The molecule has 0 aliphatic carbocycles. The molecule has 1 aromatic heterocycles. The SMILES string of the molecule is CCN(Cc1ccccc1)c1ccc([C@H]2C(C(=O)OC)=C(C)Nc3c2c(=O)n(C)c(=O)n3C)cc1. The van der Waals surface area contributed by atoms with Gasteiger partial charge in [-0.3, -0.25) is 13.9 Å². The van der Waals surface area contributed by atoms with Crippen LogP contribution >= 0.6 is 0 Å². The molecule has 3 aromatic rings. The van der Waals surface area contributed by atoms with E-state index in [1.54, 1.807) is 14.0 Å². The van der Waals surface area contributed by atoms with Gasteiger partial charge >= 0.3 is 11.7 Å². The van der Waals surface area contributed by atoms with Crippen molar-refractivity contribution in [1.82, 2.24) is 9.13 Å². The molecule has 8 nitrogen and oxygen atoms in total. The van der Waals surface area contributed by atoms with Crippen molar-refractivity contribution in [1.29, 1.82) is 0 Å². The molecule has 35 heavy (non-hydrogen) atoms. The van der Waals surface area contributed by atoms with E-state index in [4.69, 9.17) is 4.74 Å². The Morgan fingerprint density at radius 3 is 2.29 bits per heavy atom. The lowest BCUT2D eigenvalue weighted by Gasteiger charge is -2.31. The molecule has 0 spiro atoms. The first kappa shape index (κ1) is 24.1. The van der Waals surface area contributed by atoms with Crippen LogP contribution in [0.3, 0.4) is 0 Å². The van der Waals surface area contributed by atoms with Gasteiger partial charge in [-0.2, -0.15) is 0 Å². The predicted octanol–water partition coefficient (Wildman–Crippen LogP) is 3.11. The number of methoxy groups -OCH3 is 1. The standard InChI is InChI=1S/C27H30N4O4/c1-6-31(16-18-10-8-7-9-11-18)20-14-12-19(13-15-20)22-21(26(33)35-5)17(2)28-24-23(22)25(32)30(4)27(34)29(24)3/h7-15,22,28H,6,16H2,1-5H3/t22-/m0/s1. The Hall–Kier alpha value is -4.07. The van der Waals surface area contributed by atoms with E-state index in [9.17, 15) is 14.4 Å². The third-order valence-electron chi connectivity index (χ3n) is 6.58. The summed E-state index contributed by atoms with van der Waals surface area (Å²) in [6.45, 7) is 5.43. The predicted molar refractivity (Wildman–Crippen MR) is 137 cm³/mol. The van der Waals surface area contributed by atoms with Gasteiger partial charge in [0.2, 0.25) is 0 Å². The topological polar surface area (TPSA) is 85.6 Å². The monoisotopic (exact) mass is 474 g/mol. The Morgan fingerprint density at radius 1 is 1.03 bits per heavy atom. The van der Waals surface area contributed by atoms with Gasteiger partial charge in [-0.1, -0.05) is 42.5 Å². The van der Waals surface area contributed by atoms with Gasteiger partial charge in [-0.25, -0.2) is 9.59 Å². The van der Waals surface area contributed by atoms with Gasteiger partial charge in [0, 0.05) is 38.6 Å². The summed E-state index contributed by atoms with van der Waals surface area (Å²) < 4.78 is 7.54. The number of ether oxygens (including phenoxy) is 1. The van der Waals surface area contributed by atoms with Crippen LogP contribution in [0.1, 0.15) is 36.5 Å². The number of benzene rings is 2. The lowest BCUT2D eigenvalue weighted by molar-refractivity contribution is -0.136. The molecule has 0 bridgehead atoms. The Bertz CT molecular complexity index is 1400. The summed E-state index contributed by atoms with van der Waals surface area (Å²) in [7, 11) is 4.36. The Kier molecular flexibility index (Phi) is 6.64. The maximum absolute atomic E-state index is 13.3. The second-order valence-electron chi connectivity index (χ2n) is 8.65. The molecule has 2 heterocycles. The van der Waals surface area contributed by atoms with Gasteiger partial charge in [-0.05, 0) is 37.1 Å². The number of hydrogen-bond acceptors (Lipinski definition) is 6. The van der Waals surface area contributed by atoms with Crippen LogP contribution in [0.4, 0.5) is 11.5 Å². The molecule has 8 heteroatoms. The first-order valence-electron chi connectivity index (χ1n) is 11.5. The number of nitrogens with one attached hydrogen (secondary N) is 1. The molecule has 0 radical (unpaired) electrons. The number of rotatable bonds is 6. The summed E-state index contributed by atoms with van der Waals surface area (Å²) in [5.74, 6) is -0.816. The minimum absolute atomic E-state index is 0.338. The van der Waals surface area contributed by atoms with Crippen molar-refractivity contribution in [2.75, 3.05) is 23.9 Å². The van der Waals surface area contributed by atoms with Gasteiger partial charge < -0.3 is 15.0 Å². The summed E-state index contributed by atoms with van der Waals surface area (Å²) >= 11 is 0. The van der Waals surface area contributed by atoms with Crippen LogP contribution < -0.4 is 21.5 Å². The summed E-state index contributed by atoms with van der Waals surface area (Å²) in [5.41, 5.74) is 3.35. The second kappa shape index (κ2) is 9.66. The smallest absolute Gasteiger partial charge is 0.336 e. The number of fused-ring (bicyclic) bond motifs is 1. The Morgan fingerprint density at radius 2 is 1.69 bits per heavy atom. The maximum Gasteiger partial charge on any atom is 0.336 e. The van der Waals surface area contributed by atoms with Crippen molar-refractivity contribution < 1.29 is 9.53 Å². The van der Waals surface area contributed by atoms with Gasteiger partial charge in [0.1, 0.15) is 5.82 Å². The van der Waals surface area contributed by atoms with E-state index >= 15 is 0 Å². The number of anilines is 2. The van der Waals surface area contributed by atoms with Crippen LogP contribution in [-0.4, -0.2) is 28.8 Å². The van der Waals surface area contributed by atoms with Crippen molar-refractivity contribution in [3.05, 3.63) is 103 Å². The molecule has 1 aliphatic heterocycles. The first-order valence-corrected chi connectivity index (χ1v) is 11.5. The minimum atomic E-state index is -0.678. The molecule has 4 rings (SSSR count). The first-order chi connectivity index (χ1) is 16.8. The second-order valence-corrected chi connectivity index (χ2v) is 8.65.